The molecule has 27 heavy (non-hydrogen) atoms. The molecule has 7 heteroatoms. The lowest BCUT2D eigenvalue weighted by molar-refractivity contribution is 0.00156. The number of hydrogen-bond acceptors (Lipinski definition) is 6. The van der Waals surface area contributed by atoms with Crippen molar-refractivity contribution in [3.63, 3.8) is 0 Å². The van der Waals surface area contributed by atoms with E-state index >= 15 is 0 Å². The molecule has 0 spiro atoms. The van der Waals surface area contributed by atoms with E-state index in [1.165, 1.54) is 7.11 Å². The Kier molecular flexibility index (Phi) is 7.07. The number of likely N-dealkylation sites (tertiary alicyclic amines) is 1. The first-order chi connectivity index (χ1) is 12.7. The number of benzene rings is 1. The van der Waals surface area contributed by atoms with Crippen molar-refractivity contribution in [2.24, 2.45) is 0 Å². The van der Waals surface area contributed by atoms with E-state index in [0.29, 0.717) is 24.5 Å². The highest BCUT2D eigenvalue weighted by Gasteiger charge is 2.39. The van der Waals surface area contributed by atoms with Gasteiger partial charge in [0.15, 0.2) is 0 Å². The van der Waals surface area contributed by atoms with E-state index in [-0.39, 0.29) is 18.2 Å². The zero-order chi connectivity index (χ0) is 20.0. The summed E-state index contributed by atoms with van der Waals surface area (Å²) in [5, 5.41) is 0. The highest BCUT2D eigenvalue weighted by Crippen LogP contribution is 2.27. The first-order valence-electron chi connectivity index (χ1n) is 9.06. The lowest BCUT2D eigenvalue weighted by Crippen LogP contribution is -2.47. The number of rotatable bonds is 6. The quantitative estimate of drug-likeness (QED) is 0.706. The van der Waals surface area contributed by atoms with Crippen molar-refractivity contribution >= 4 is 12.1 Å². The zero-order valence-electron chi connectivity index (χ0n) is 16.7. The molecule has 0 bridgehead atoms. The van der Waals surface area contributed by atoms with Crippen LogP contribution in [0.25, 0.3) is 0 Å². The number of amides is 1. The van der Waals surface area contributed by atoms with Crippen molar-refractivity contribution in [3.05, 3.63) is 29.8 Å². The molecule has 1 fully saturated rings. The Bertz CT molecular complexity index is 637. The van der Waals surface area contributed by atoms with Gasteiger partial charge in [-0.05, 0) is 57.9 Å². The van der Waals surface area contributed by atoms with Crippen molar-refractivity contribution in [2.75, 3.05) is 27.4 Å². The van der Waals surface area contributed by atoms with Crippen LogP contribution in [0.3, 0.4) is 0 Å². The summed E-state index contributed by atoms with van der Waals surface area (Å²) in [7, 11) is 2.97. The molecule has 0 aliphatic carbocycles. The molecule has 0 saturated carbocycles. The number of nitrogens with zero attached hydrogens (tertiary/aromatic N) is 1. The Balaban J connectivity index is 2.02. The van der Waals surface area contributed by atoms with Gasteiger partial charge in [-0.15, -0.1) is 0 Å². The Labute approximate surface area is 160 Å². The number of methoxy groups -OCH3 is 2. The maximum atomic E-state index is 12.7. The van der Waals surface area contributed by atoms with Gasteiger partial charge in [0.2, 0.25) is 0 Å². The van der Waals surface area contributed by atoms with Gasteiger partial charge >= 0.3 is 12.1 Å². The Morgan fingerprint density at radius 2 is 1.63 bits per heavy atom. The lowest BCUT2D eigenvalue weighted by atomic mass is 10.2. The van der Waals surface area contributed by atoms with E-state index in [9.17, 15) is 9.59 Å². The number of carbonyl (C=O) groups is 2. The SMILES string of the molecule is COC[C@@H]1CC[C@@H](COc2ccc(C(=O)OC)cc2)N1C(=O)OC(C)(C)C. The predicted octanol–water partition coefficient (Wildman–Crippen LogP) is 3.27. The van der Waals surface area contributed by atoms with Crippen LogP contribution < -0.4 is 4.74 Å². The molecule has 2 atom stereocenters. The van der Waals surface area contributed by atoms with Crippen LogP contribution in [0.1, 0.15) is 44.0 Å². The normalized spacial score (nSPS) is 19.7. The Morgan fingerprint density at radius 1 is 1.04 bits per heavy atom. The minimum Gasteiger partial charge on any atom is -0.491 e. The fourth-order valence-electron chi connectivity index (χ4n) is 3.09. The van der Waals surface area contributed by atoms with Gasteiger partial charge in [0.25, 0.3) is 0 Å². The molecule has 0 aromatic heterocycles. The zero-order valence-corrected chi connectivity index (χ0v) is 16.7. The van der Waals surface area contributed by atoms with E-state index in [4.69, 9.17) is 14.2 Å². The molecule has 7 nitrogen and oxygen atoms in total. The lowest BCUT2D eigenvalue weighted by Gasteiger charge is -2.32. The molecule has 0 N–H and O–H groups in total. The van der Waals surface area contributed by atoms with Crippen molar-refractivity contribution < 1.29 is 28.5 Å². The minimum atomic E-state index is -0.563. The molecule has 1 aliphatic rings. The molecular formula is C20H29NO6. The standard InChI is InChI=1S/C20H29NO6/c1-20(2,3)27-19(23)21-15(12-24-4)8-9-16(21)13-26-17-10-6-14(7-11-17)18(22)25-5/h6-7,10-11,15-16H,8-9,12-13H2,1-5H3/t15-,16-/m0/s1. The summed E-state index contributed by atoms with van der Waals surface area (Å²) in [6, 6.07) is 6.60. The van der Waals surface area contributed by atoms with Crippen LogP contribution >= 0.6 is 0 Å². The van der Waals surface area contributed by atoms with Gasteiger partial charge in [-0.1, -0.05) is 0 Å². The van der Waals surface area contributed by atoms with E-state index in [2.05, 4.69) is 4.74 Å². The van der Waals surface area contributed by atoms with Crippen molar-refractivity contribution in [1.29, 1.82) is 0 Å². The summed E-state index contributed by atoms with van der Waals surface area (Å²) < 4.78 is 21.4. The summed E-state index contributed by atoms with van der Waals surface area (Å²) in [5.41, 5.74) is -0.104. The first-order valence-corrected chi connectivity index (χ1v) is 9.06. The van der Waals surface area contributed by atoms with Crippen LogP contribution in [0.4, 0.5) is 4.79 Å². The average molecular weight is 379 g/mol. The second-order valence-corrected chi connectivity index (χ2v) is 7.55. The molecule has 1 amide bonds. The van der Waals surface area contributed by atoms with E-state index < -0.39 is 11.6 Å². The third-order valence-corrected chi connectivity index (χ3v) is 4.30. The van der Waals surface area contributed by atoms with Crippen LogP contribution in [0, 0.1) is 0 Å². The molecule has 150 valence electrons. The maximum Gasteiger partial charge on any atom is 0.410 e. The second kappa shape index (κ2) is 9.08. The number of esters is 1. The maximum absolute atomic E-state index is 12.7. The summed E-state index contributed by atoms with van der Waals surface area (Å²) >= 11 is 0. The van der Waals surface area contributed by atoms with Gasteiger partial charge in [-0.25, -0.2) is 9.59 Å². The number of ether oxygens (including phenoxy) is 4. The van der Waals surface area contributed by atoms with Gasteiger partial charge in [-0.3, -0.25) is 4.90 Å². The van der Waals surface area contributed by atoms with Crippen LogP contribution in [0.5, 0.6) is 5.75 Å². The van der Waals surface area contributed by atoms with Crippen LogP contribution in [0.15, 0.2) is 24.3 Å². The van der Waals surface area contributed by atoms with Crippen LogP contribution in [-0.4, -0.2) is 62.1 Å². The van der Waals surface area contributed by atoms with Gasteiger partial charge in [0.1, 0.15) is 18.0 Å². The molecular weight excluding hydrogens is 350 g/mol. The van der Waals surface area contributed by atoms with E-state index in [1.54, 1.807) is 36.3 Å². The molecule has 1 aromatic carbocycles. The largest absolute Gasteiger partial charge is 0.491 e. The molecule has 2 rings (SSSR count). The topological polar surface area (TPSA) is 74.3 Å². The smallest absolute Gasteiger partial charge is 0.410 e. The van der Waals surface area contributed by atoms with Gasteiger partial charge < -0.3 is 18.9 Å². The van der Waals surface area contributed by atoms with Gasteiger partial charge in [-0.2, -0.15) is 0 Å². The predicted molar refractivity (Wildman–Crippen MR) is 100 cm³/mol. The van der Waals surface area contributed by atoms with E-state index in [0.717, 1.165) is 12.8 Å². The molecule has 1 saturated heterocycles. The first kappa shape index (κ1) is 21.0. The van der Waals surface area contributed by atoms with Crippen molar-refractivity contribution in [1.82, 2.24) is 4.90 Å². The van der Waals surface area contributed by atoms with Crippen LogP contribution in [0.2, 0.25) is 0 Å². The Morgan fingerprint density at radius 3 is 2.15 bits per heavy atom. The third-order valence-electron chi connectivity index (χ3n) is 4.30. The molecule has 1 aliphatic heterocycles. The second-order valence-electron chi connectivity index (χ2n) is 7.55. The van der Waals surface area contributed by atoms with E-state index in [1.807, 2.05) is 20.8 Å². The monoisotopic (exact) mass is 379 g/mol. The van der Waals surface area contributed by atoms with Gasteiger partial charge in [0, 0.05) is 7.11 Å². The summed E-state index contributed by atoms with van der Waals surface area (Å²) in [6.45, 7) is 6.35. The van der Waals surface area contributed by atoms with Crippen molar-refractivity contribution in [2.45, 2.75) is 51.3 Å². The number of hydrogen-bond donors (Lipinski definition) is 0. The molecule has 1 heterocycles. The minimum absolute atomic E-state index is 0.0276. The van der Waals surface area contributed by atoms with Gasteiger partial charge in [0.05, 0.1) is 31.4 Å². The summed E-state index contributed by atoms with van der Waals surface area (Å²) in [5.74, 6) is 0.234. The third kappa shape index (κ3) is 5.85. The highest BCUT2D eigenvalue weighted by atomic mass is 16.6. The molecule has 0 unspecified atom stereocenters. The summed E-state index contributed by atoms with van der Waals surface area (Å²) in [6.07, 6.45) is 1.30. The molecule has 1 aromatic rings. The van der Waals surface area contributed by atoms with Crippen molar-refractivity contribution in [3.8, 4) is 5.75 Å². The number of carbonyl (C=O) groups excluding carboxylic acids is 2. The molecule has 0 radical (unpaired) electrons. The van der Waals surface area contributed by atoms with Crippen LogP contribution in [-0.2, 0) is 14.2 Å². The summed E-state index contributed by atoms with van der Waals surface area (Å²) in [4.78, 5) is 25.9. The highest BCUT2D eigenvalue weighted by molar-refractivity contribution is 5.89. The Hall–Kier alpha value is -2.28. The fourth-order valence-corrected chi connectivity index (χ4v) is 3.09. The fraction of sp³-hybridized carbons (Fsp3) is 0.600. The average Bonchev–Trinajstić information content (AvgIpc) is 3.01.